The maximum absolute atomic E-state index is 11.4. The molecule has 0 aliphatic carbocycles. The van der Waals surface area contributed by atoms with Gasteiger partial charge in [-0.1, -0.05) is 0 Å². The molecule has 1 atom stereocenters. The zero-order chi connectivity index (χ0) is 11.4. The van der Waals surface area contributed by atoms with E-state index in [2.05, 4.69) is 20.6 Å². The lowest BCUT2D eigenvalue weighted by molar-refractivity contribution is 0.634. The highest BCUT2D eigenvalue weighted by Gasteiger charge is 2.14. The minimum absolute atomic E-state index is 0.0788. The zero-order valence-electron chi connectivity index (χ0n) is 8.92. The Morgan fingerprint density at radius 1 is 1.44 bits per heavy atom. The van der Waals surface area contributed by atoms with Crippen molar-refractivity contribution < 1.29 is 0 Å². The molecule has 0 spiro atoms. The van der Waals surface area contributed by atoms with Gasteiger partial charge in [0.25, 0.3) is 5.56 Å². The molecule has 0 saturated carbocycles. The SMILES string of the molecule is O=c1[nH]cnc(NC2CCCNCC2)c1I. The van der Waals surface area contributed by atoms with Gasteiger partial charge < -0.3 is 15.6 Å². The van der Waals surface area contributed by atoms with Crippen LogP contribution in [0.3, 0.4) is 0 Å². The van der Waals surface area contributed by atoms with E-state index < -0.39 is 0 Å². The molecule has 1 unspecified atom stereocenters. The van der Waals surface area contributed by atoms with Crippen LogP contribution in [-0.4, -0.2) is 29.1 Å². The summed E-state index contributed by atoms with van der Waals surface area (Å²) in [5.74, 6) is 0.705. The van der Waals surface area contributed by atoms with Crippen molar-refractivity contribution in [3.05, 3.63) is 20.3 Å². The first kappa shape index (κ1) is 11.8. The second-order valence-electron chi connectivity index (χ2n) is 3.92. The molecule has 0 amide bonds. The van der Waals surface area contributed by atoms with Crippen molar-refractivity contribution >= 4 is 28.4 Å². The first-order chi connectivity index (χ1) is 7.77. The van der Waals surface area contributed by atoms with Crippen molar-refractivity contribution in [1.29, 1.82) is 0 Å². The number of halogens is 1. The van der Waals surface area contributed by atoms with Gasteiger partial charge >= 0.3 is 0 Å². The third-order valence-corrected chi connectivity index (χ3v) is 3.71. The summed E-state index contributed by atoms with van der Waals surface area (Å²) < 4.78 is 0.636. The van der Waals surface area contributed by atoms with E-state index in [1.54, 1.807) is 0 Å². The molecule has 5 nitrogen and oxygen atoms in total. The number of aromatic amines is 1. The number of rotatable bonds is 2. The lowest BCUT2D eigenvalue weighted by Gasteiger charge is -2.16. The standard InChI is InChI=1S/C10H15IN4O/c11-8-9(13-6-14-10(8)16)15-7-2-1-4-12-5-3-7/h6-7,12H,1-5H2,(H2,13,14,15,16). The van der Waals surface area contributed by atoms with Crippen LogP contribution in [0.4, 0.5) is 5.82 Å². The maximum Gasteiger partial charge on any atom is 0.266 e. The molecule has 0 radical (unpaired) electrons. The summed E-state index contributed by atoms with van der Waals surface area (Å²) >= 11 is 2.03. The van der Waals surface area contributed by atoms with Gasteiger partial charge in [-0.2, -0.15) is 0 Å². The first-order valence-corrected chi connectivity index (χ1v) is 6.55. The van der Waals surface area contributed by atoms with Gasteiger partial charge in [0.1, 0.15) is 9.39 Å². The Hall–Kier alpha value is -0.630. The van der Waals surface area contributed by atoms with E-state index in [4.69, 9.17) is 0 Å². The van der Waals surface area contributed by atoms with Gasteiger partial charge in [0.05, 0.1) is 6.33 Å². The Bertz CT molecular complexity index is 398. The molecule has 1 aliphatic rings. The molecular formula is C10H15IN4O. The highest BCUT2D eigenvalue weighted by molar-refractivity contribution is 14.1. The van der Waals surface area contributed by atoms with Crippen molar-refractivity contribution in [3.63, 3.8) is 0 Å². The third-order valence-electron chi connectivity index (χ3n) is 2.71. The van der Waals surface area contributed by atoms with Gasteiger partial charge in [0, 0.05) is 6.04 Å². The van der Waals surface area contributed by atoms with Crippen molar-refractivity contribution in [2.75, 3.05) is 18.4 Å². The summed E-state index contributed by atoms with van der Waals surface area (Å²) in [5, 5.41) is 6.71. The summed E-state index contributed by atoms with van der Waals surface area (Å²) in [6, 6.07) is 0.415. The van der Waals surface area contributed by atoms with Gasteiger partial charge in [0.2, 0.25) is 0 Å². The predicted octanol–water partition coefficient (Wildman–Crippen LogP) is 0.928. The number of aromatic nitrogens is 2. The molecule has 16 heavy (non-hydrogen) atoms. The summed E-state index contributed by atoms with van der Waals surface area (Å²) in [6.07, 6.45) is 4.81. The van der Waals surface area contributed by atoms with Gasteiger partial charge in [0.15, 0.2) is 0 Å². The lowest BCUT2D eigenvalue weighted by Crippen LogP contribution is -2.24. The minimum atomic E-state index is -0.0788. The molecule has 88 valence electrons. The molecular weight excluding hydrogens is 319 g/mol. The van der Waals surface area contributed by atoms with Crippen molar-refractivity contribution in [3.8, 4) is 0 Å². The van der Waals surface area contributed by atoms with E-state index in [0.717, 1.165) is 32.4 Å². The molecule has 1 saturated heterocycles. The third kappa shape index (κ3) is 2.94. The molecule has 2 rings (SSSR count). The summed E-state index contributed by atoms with van der Waals surface area (Å²) in [7, 11) is 0. The van der Waals surface area contributed by atoms with E-state index in [1.807, 2.05) is 22.6 Å². The van der Waals surface area contributed by atoms with Crippen LogP contribution >= 0.6 is 22.6 Å². The zero-order valence-corrected chi connectivity index (χ0v) is 11.1. The number of nitrogens with one attached hydrogen (secondary N) is 3. The Labute approximate surface area is 108 Å². The van der Waals surface area contributed by atoms with E-state index in [9.17, 15) is 4.79 Å². The van der Waals surface area contributed by atoms with Gasteiger partial charge in [-0.05, 0) is 54.9 Å². The van der Waals surface area contributed by atoms with Gasteiger partial charge in [-0.15, -0.1) is 0 Å². The highest BCUT2D eigenvalue weighted by Crippen LogP contribution is 2.14. The van der Waals surface area contributed by atoms with Crippen LogP contribution in [-0.2, 0) is 0 Å². The fourth-order valence-corrected chi connectivity index (χ4v) is 2.29. The largest absolute Gasteiger partial charge is 0.366 e. The fraction of sp³-hybridized carbons (Fsp3) is 0.600. The molecule has 1 aliphatic heterocycles. The summed E-state index contributed by atoms with van der Waals surface area (Å²) in [6.45, 7) is 2.11. The highest BCUT2D eigenvalue weighted by atomic mass is 127. The Kier molecular flexibility index (Phi) is 4.16. The molecule has 1 fully saturated rings. The maximum atomic E-state index is 11.4. The Morgan fingerprint density at radius 2 is 2.31 bits per heavy atom. The molecule has 0 aromatic carbocycles. The average Bonchev–Trinajstić information content (AvgIpc) is 2.53. The van der Waals surface area contributed by atoms with Crippen LogP contribution in [0.5, 0.6) is 0 Å². The quantitative estimate of drug-likeness (QED) is 0.704. The molecule has 2 heterocycles. The Balaban J connectivity index is 2.07. The number of hydrogen-bond donors (Lipinski definition) is 3. The molecule has 3 N–H and O–H groups in total. The van der Waals surface area contributed by atoms with Crippen LogP contribution in [0.25, 0.3) is 0 Å². The van der Waals surface area contributed by atoms with Crippen LogP contribution in [0.2, 0.25) is 0 Å². The topological polar surface area (TPSA) is 69.8 Å². The summed E-state index contributed by atoms with van der Waals surface area (Å²) in [4.78, 5) is 18.1. The predicted molar refractivity (Wildman–Crippen MR) is 71.7 cm³/mol. The van der Waals surface area contributed by atoms with Crippen LogP contribution in [0.15, 0.2) is 11.1 Å². The molecule has 0 bridgehead atoms. The Morgan fingerprint density at radius 3 is 3.19 bits per heavy atom. The number of hydrogen-bond acceptors (Lipinski definition) is 4. The second-order valence-corrected chi connectivity index (χ2v) is 5.00. The van der Waals surface area contributed by atoms with Crippen LogP contribution in [0.1, 0.15) is 19.3 Å². The molecule has 1 aromatic rings. The molecule has 1 aromatic heterocycles. The molecule has 6 heteroatoms. The van der Waals surface area contributed by atoms with Crippen LogP contribution < -0.4 is 16.2 Å². The minimum Gasteiger partial charge on any atom is -0.366 e. The first-order valence-electron chi connectivity index (χ1n) is 5.48. The van der Waals surface area contributed by atoms with Gasteiger partial charge in [-0.25, -0.2) is 4.98 Å². The van der Waals surface area contributed by atoms with Crippen LogP contribution in [0, 0.1) is 3.57 Å². The normalized spacial score (nSPS) is 21.4. The van der Waals surface area contributed by atoms with E-state index in [-0.39, 0.29) is 5.56 Å². The summed E-state index contributed by atoms with van der Waals surface area (Å²) in [5.41, 5.74) is -0.0788. The average molecular weight is 334 g/mol. The van der Waals surface area contributed by atoms with Crippen molar-refractivity contribution in [1.82, 2.24) is 15.3 Å². The number of H-pyrrole nitrogens is 1. The number of nitrogens with zero attached hydrogens (tertiary/aromatic N) is 1. The fourth-order valence-electron chi connectivity index (χ4n) is 1.84. The number of anilines is 1. The second kappa shape index (κ2) is 5.62. The lowest BCUT2D eigenvalue weighted by atomic mass is 10.1. The van der Waals surface area contributed by atoms with E-state index in [1.165, 1.54) is 6.33 Å². The van der Waals surface area contributed by atoms with Gasteiger partial charge in [-0.3, -0.25) is 4.79 Å². The monoisotopic (exact) mass is 334 g/mol. The van der Waals surface area contributed by atoms with E-state index >= 15 is 0 Å². The van der Waals surface area contributed by atoms with Crippen molar-refractivity contribution in [2.45, 2.75) is 25.3 Å². The van der Waals surface area contributed by atoms with Crippen molar-refractivity contribution in [2.24, 2.45) is 0 Å². The smallest absolute Gasteiger partial charge is 0.266 e. The van der Waals surface area contributed by atoms with E-state index in [0.29, 0.717) is 15.4 Å².